The minimum Gasteiger partial charge on any atom is -0.477 e. The highest BCUT2D eigenvalue weighted by Gasteiger charge is 2.46. The second-order valence-electron chi connectivity index (χ2n) is 11.8. The van der Waals surface area contributed by atoms with Crippen molar-refractivity contribution in [3.05, 3.63) is 33.3 Å². The van der Waals surface area contributed by atoms with E-state index in [-0.39, 0.29) is 40.8 Å². The van der Waals surface area contributed by atoms with Crippen LogP contribution in [0, 0.1) is 12.8 Å². The number of H-pyrrole nitrogens is 1. The van der Waals surface area contributed by atoms with Crippen LogP contribution in [0.25, 0.3) is 11.7 Å². The summed E-state index contributed by atoms with van der Waals surface area (Å²) in [4.78, 5) is 55.6. The van der Waals surface area contributed by atoms with Crippen LogP contribution in [0.15, 0.2) is 10.9 Å². The Morgan fingerprint density at radius 2 is 1.90 bits per heavy atom. The van der Waals surface area contributed by atoms with Crippen molar-refractivity contribution in [3.63, 3.8) is 0 Å². The van der Waals surface area contributed by atoms with Crippen LogP contribution in [0.3, 0.4) is 0 Å². The van der Waals surface area contributed by atoms with Crippen molar-refractivity contribution in [3.8, 4) is 5.88 Å². The molecule has 3 fully saturated rings. The molecular weight excluding hydrogens is 500 g/mol. The van der Waals surface area contributed by atoms with Gasteiger partial charge in [0.1, 0.15) is 0 Å². The van der Waals surface area contributed by atoms with Gasteiger partial charge in [-0.1, -0.05) is 18.4 Å². The molecule has 0 bridgehead atoms. The minimum absolute atomic E-state index is 0.0310. The lowest BCUT2D eigenvalue weighted by molar-refractivity contribution is -0.686. The Morgan fingerprint density at radius 1 is 1.21 bits per heavy atom. The monoisotopic (exact) mass is 539 g/mol. The minimum atomic E-state index is -0.639. The highest BCUT2D eigenvalue weighted by molar-refractivity contribution is 5.96. The summed E-state index contributed by atoms with van der Waals surface area (Å²) < 4.78 is 2.86. The van der Waals surface area contributed by atoms with Gasteiger partial charge in [0.25, 0.3) is 5.91 Å². The van der Waals surface area contributed by atoms with Crippen LogP contribution in [0.2, 0.25) is 0 Å². The van der Waals surface area contributed by atoms with Gasteiger partial charge in [0.2, 0.25) is 17.4 Å². The maximum Gasteiger partial charge on any atom is 0.378 e. The van der Waals surface area contributed by atoms with E-state index in [4.69, 9.17) is 0 Å². The highest BCUT2D eigenvalue weighted by Crippen LogP contribution is 2.37. The molecule has 2 saturated heterocycles. The molecule has 1 saturated carbocycles. The summed E-state index contributed by atoms with van der Waals surface area (Å²) in [5.41, 5.74) is 0.334. The zero-order valence-electron chi connectivity index (χ0n) is 23.2. The number of nitrogens with zero attached hydrogens (tertiary/aromatic N) is 4. The molecule has 210 valence electrons. The second kappa shape index (κ2) is 10.2. The number of amides is 3. The molecule has 39 heavy (non-hydrogen) atoms. The molecule has 4 heterocycles. The van der Waals surface area contributed by atoms with Gasteiger partial charge >= 0.3 is 17.1 Å². The van der Waals surface area contributed by atoms with Crippen molar-refractivity contribution in [2.24, 2.45) is 5.92 Å². The number of nitrogens with one attached hydrogen (secondary N) is 2. The summed E-state index contributed by atoms with van der Waals surface area (Å²) in [6.07, 6.45) is 8.41. The number of hydrogen-bond donors (Lipinski definition) is 3. The predicted octanol–water partition coefficient (Wildman–Crippen LogP) is 1.49. The lowest BCUT2D eigenvalue weighted by Gasteiger charge is -2.45. The quantitative estimate of drug-likeness (QED) is 0.378. The molecule has 0 aromatic carbocycles. The molecular formula is C28H39N6O5+. The Bertz CT molecular complexity index is 1420. The fourth-order valence-electron chi connectivity index (χ4n) is 6.18. The third kappa shape index (κ3) is 4.94. The number of piperidine rings is 1. The summed E-state index contributed by atoms with van der Waals surface area (Å²) >= 11 is 0. The number of hydrogen-bond acceptors (Lipinski definition) is 5. The number of aryl methyl sites for hydroxylation is 1. The molecule has 1 unspecified atom stereocenters. The Morgan fingerprint density at radius 3 is 2.54 bits per heavy atom. The first-order valence-corrected chi connectivity index (χ1v) is 14.0. The summed E-state index contributed by atoms with van der Waals surface area (Å²) in [6, 6.07) is 0.0333. The zero-order chi connectivity index (χ0) is 28.1. The maximum atomic E-state index is 13.5. The van der Waals surface area contributed by atoms with E-state index in [9.17, 15) is 24.3 Å². The lowest BCUT2D eigenvalue weighted by Crippen LogP contribution is -2.57. The van der Waals surface area contributed by atoms with E-state index in [0.29, 0.717) is 36.5 Å². The number of carbonyl (C=O) groups is 3. The molecule has 2 aliphatic heterocycles. The van der Waals surface area contributed by atoms with Crippen LogP contribution in [0.1, 0.15) is 80.9 Å². The Balaban J connectivity index is 1.52. The third-order valence-electron chi connectivity index (χ3n) is 8.23. The van der Waals surface area contributed by atoms with Gasteiger partial charge in [-0.3, -0.25) is 14.4 Å². The Kier molecular flexibility index (Phi) is 7.02. The van der Waals surface area contributed by atoms with Gasteiger partial charge in [0.05, 0.1) is 23.3 Å². The first-order valence-electron chi connectivity index (χ1n) is 14.0. The topological polar surface area (TPSA) is 131 Å². The molecule has 1 aliphatic carbocycles. The van der Waals surface area contributed by atoms with E-state index in [2.05, 4.69) is 10.4 Å². The first kappa shape index (κ1) is 27.0. The summed E-state index contributed by atoms with van der Waals surface area (Å²) in [6.45, 7) is 9.60. The molecule has 11 heteroatoms. The Hall–Kier alpha value is -3.63. The van der Waals surface area contributed by atoms with E-state index in [1.807, 2.05) is 23.6 Å². The predicted molar refractivity (Wildman–Crippen MR) is 144 cm³/mol. The smallest absolute Gasteiger partial charge is 0.378 e. The van der Waals surface area contributed by atoms with Gasteiger partial charge in [-0.15, -0.1) is 0 Å². The summed E-state index contributed by atoms with van der Waals surface area (Å²) in [7, 11) is 0. The molecule has 2 aromatic rings. The second-order valence-corrected chi connectivity index (χ2v) is 11.8. The maximum absolute atomic E-state index is 13.5. The zero-order valence-corrected chi connectivity index (χ0v) is 23.2. The third-order valence-corrected chi connectivity index (χ3v) is 8.23. The number of aromatic nitrogens is 3. The van der Waals surface area contributed by atoms with E-state index in [1.54, 1.807) is 24.5 Å². The van der Waals surface area contributed by atoms with Crippen LogP contribution < -0.4 is 15.4 Å². The van der Waals surface area contributed by atoms with Crippen LogP contribution in [0.5, 0.6) is 5.88 Å². The largest absolute Gasteiger partial charge is 0.477 e. The van der Waals surface area contributed by atoms with Gasteiger partial charge in [0.15, 0.2) is 0 Å². The van der Waals surface area contributed by atoms with Crippen molar-refractivity contribution in [2.75, 3.05) is 19.6 Å². The summed E-state index contributed by atoms with van der Waals surface area (Å²) in [5.74, 6) is -0.965. The van der Waals surface area contributed by atoms with Crippen molar-refractivity contribution in [1.29, 1.82) is 0 Å². The van der Waals surface area contributed by atoms with Crippen LogP contribution in [-0.2, 0) is 16.1 Å². The SMILES string of the molecule is CC(=O)N1CCCC2(CCCN2C(=O)/C=C/c2c(C)[nH]n3c(=O)c(C(=O)NC4CC4)c(O)[n+](CC(C)C)c23)C1. The average molecular weight is 540 g/mol. The van der Waals surface area contributed by atoms with Crippen molar-refractivity contribution in [1.82, 2.24) is 24.7 Å². The normalized spacial score (nSPS) is 21.6. The van der Waals surface area contributed by atoms with Gasteiger partial charge < -0.3 is 20.2 Å². The van der Waals surface area contributed by atoms with Gasteiger partial charge in [-0.2, -0.15) is 4.57 Å². The first-order chi connectivity index (χ1) is 18.5. The highest BCUT2D eigenvalue weighted by atomic mass is 16.3. The van der Waals surface area contributed by atoms with Crippen LogP contribution in [0.4, 0.5) is 0 Å². The van der Waals surface area contributed by atoms with Gasteiger partial charge in [-0.05, 0) is 57.4 Å². The van der Waals surface area contributed by atoms with E-state index < -0.39 is 11.5 Å². The molecule has 1 atom stereocenters. The summed E-state index contributed by atoms with van der Waals surface area (Å²) in [5, 5.41) is 17.0. The van der Waals surface area contributed by atoms with E-state index in [0.717, 1.165) is 45.1 Å². The van der Waals surface area contributed by atoms with Gasteiger partial charge in [0, 0.05) is 38.7 Å². The molecule has 2 aromatic heterocycles. The van der Waals surface area contributed by atoms with Crippen molar-refractivity contribution < 1.29 is 24.1 Å². The molecule has 1 spiro atoms. The Labute approximate surface area is 227 Å². The number of aromatic amines is 1. The van der Waals surface area contributed by atoms with Crippen molar-refractivity contribution >= 4 is 29.4 Å². The number of likely N-dealkylation sites (tertiary alicyclic amines) is 2. The molecule has 5 rings (SSSR count). The molecule has 3 aliphatic rings. The fraction of sp³-hybridized carbons (Fsp3) is 0.607. The molecule has 3 N–H and O–H groups in total. The molecule has 11 nitrogen and oxygen atoms in total. The fourth-order valence-corrected chi connectivity index (χ4v) is 6.18. The lowest BCUT2D eigenvalue weighted by atomic mass is 9.86. The van der Waals surface area contributed by atoms with Crippen LogP contribution >= 0.6 is 0 Å². The number of fused-ring (bicyclic) bond motifs is 1. The number of rotatable bonds is 6. The number of carbonyl (C=O) groups excluding carboxylic acids is 3. The van der Waals surface area contributed by atoms with Crippen LogP contribution in [-0.4, -0.2) is 73.5 Å². The number of aromatic hydroxyl groups is 1. The molecule has 3 amide bonds. The average Bonchev–Trinajstić information content (AvgIpc) is 3.50. The van der Waals surface area contributed by atoms with Gasteiger partial charge in [-0.25, -0.2) is 9.89 Å². The van der Waals surface area contributed by atoms with E-state index >= 15 is 0 Å². The molecule has 0 radical (unpaired) electrons. The van der Waals surface area contributed by atoms with E-state index in [1.165, 1.54) is 10.6 Å². The standard InChI is InChI=1S/C28H38N6O5/c1-17(2)15-32-25-21(18(3)30-34(25)27(39)23(26(32)38)24(37)29-20-7-8-20)9-10-22(36)33-14-6-12-28(33)11-5-13-31(16-28)19(4)35/h9-10,17,20H,5-8,11-16H2,1-4H3,(H2,29,37,38,39)/p+1/b10-9+. The van der Waals surface area contributed by atoms with Crippen molar-refractivity contribution in [2.45, 2.75) is 84.3 Å².